The highest BCUT2D eigenvalue weighted by Crippen LogP contribution is 2.21. The summed E-state index contributed by atoms with van der Waals surface area (Å²) in [5, 5.41) is 9.55. The highest BCUT2D eigenvalue weighted by molar-refractivity contribution is 5.81. The molecule has 70 valence electrons. The second kappa shape index (κ2) is 3.48. The molecule has 0 aliphatic rings. The van der Waals surface area contributed by atoms with E-state index in [4.69, 9.17) is 11.0 Å². The largest absolute Gasteiger partial charge is 0.361 e. The molecule has 2 aromatic rings. The van der Waals surface area contributed by atoms with Crippen LogP contribution in [0, 0.1) is 11.3 Å². The molecule has 0 unspecified atom stereocenters. The van der Waals surface area contributed by atoms with Crippen LogP contribution in [0.2, 0.25) is 0 Å². The third-order valence-corrected chi connectivity index (χ3v) is 2.17. The second-order valence-corrected chi connectivity index (χ2v) is 3.10. The molecule has 0 saturated carbocycles. The van der Waals surface area contributed by atoms with Crippen molar-refractivity contribution in [2.75, 3.05) is 0 Å². The molecule has 14 heavy (non-hydrogen) atoms. The zero-order valence-electron chi connectivity index (χ0n) is 7.57. The van der Waals surface area contributed by atoms with Gasteiger partial charge in [-0.3, -0.25) is 4.98 Å². The lowest BCUT2D eigenvalue weighted by Crippen LogP contribution is -2.11. The van der Waals surface area contributed by atoms with Gasteiger partial charge in [0.2, 0.25) is 0 Å². The fourth-order valence-corrected chi connectivity index (χ4v) is 1.50. The summed E-state index contributed by atoms with van der Waals surface area (Å²) >= 11 is 0. The fraction of sp³-hybridized carbons (Fsp3) is 0.200. The Hall–Kier alpha value is -1.86. The van der Waals surface area contributed by atoms with Crippen molar-refractivity contribution in [1.82, 2.24) is 9.97 Å². The summed E-state index contributed by atoms with van der Waals surface area (Å²) in [6, 6.07) is 5.55. The van der Waals surface area contributed by atoms with Gasteiger partial charge in [-0.15, -0.1) is 0 Å². The van der Waals surface area contributed by atoms with Gasteiger partial charge in [0, 0.05) is 23.3 Å². The summed E-state index contributed by atoms with van der Waals surface area (Å²) < 4.78 is 0. The van der Waals surface area contributed by atoms with E-state index in [1.165, 1.54) is 0 Å². The van der Waals surface area contributed by atoms with E-state index in [1.54, 1.807) is 6.20 Å². The molecule has 0 aliphatic heterocycles. The molecular weight excluding hydrogens is 176 g/mol. The summed E-state index contributed by atoms with van der Waals surface area (Å²) in [5.74, 6) is 0. The maximum Gasteiger partial charge on any atom is 0.0675 e. The van der Waals surface area contributed by atoms with E-state index in [0.29, 0.717) is 0 Å². The van der Waals surface area contributed by atoms with Crippen LogP contribution in [0.15, 0.2) is 24.5 Å². The lowest BCUT2D eigenvalue weighted by molar-refractivity contribution is 0.728. The number of nitrogens with one attached hydrogen (secondary N) is 1. The average Bonchev–Trinajstić information content (AvgIpc) is 2.65. The maximum absolute atomic E-state index is 8.56. The Labute approximate surface area is 81.4 Å². The molecule has 0 spiro atoms. The minimum atomic E-state index is -0.306. The smallest absolute Gasteiger partial charge is 0.0675 e. The summed E-state index contributed by atoms with van der Waals surface area (Å²) in [6.45, 7) is 0. The minimum Gasteiger partial charge on any atom is -0.361 e. The highest BCUT2D eigenvalue weighted by atomic mass is 14.8. The molecule has 2 aromatic heterocycles. The van der Waals surface area contributed by atoms with Crippen molar-refractivity contribution >= 4 is 10.9 Å². The number of fused-ring (bicyclic) bond motifs is 1. The van der Waals surface area contributed by atoms with Crippen molar-refractivity contribution in [2.45, 2.75) is 12.5 Å². The summed E-state index contributed by atoms with van der Waals surface area (Å²) in [7, 11) is 0. The van der Waals surface area contributed by atoms with Gasteiger partial charge in [-0.25, -0.2) is 0 Å². The SMILES string of the molecule is N#CC[C@H](N)c1nccc2[nH]ccc12. The molecule has 4 heteroatoms. The van der Waals surface area contributed by atoms with E-state index in [2.05, 4.69) is 9.97 Å². The Kier molecular flexibility index (Phi) is 2.17. The third kappa shape index (κ3) is 1.34. The van der Waals surface area contributed by atoms with Crippen LogP contribution in [0.1, 0.15) is 18.2 Å². The monoisotopic (exact) mass is 186 g/mol. The number of rotatable bonds is 2. The highest BCUT2D eigenvalue weighted by Gasteiger charge is 2.10. The Morgan fingerprint density at radius 2 is 2.43 bits per heavy atom. The van der Waals surface area contributed by atoms with Crippen molar-refractivity contribution in [3.8, 4) is 6.07 Å². The lowest BCUT2D eigenvalue weighted by atomic mass is 10.1. The Bertz CT molecular complexity index is 480. The van der Waals surface area contributed by atoms with Crippen LogP contribution in [0.5, 0.6) is 0 Å². The van der Waals surface area contributed by atoms with Gasteiger partial charge in [-0.2, -0.15) is 5.26 Å². The van der Waals surface area contributed by atoms with Gasteiger partial charge in [-0.05, 0) is 12.1 Å². The van der Waals surface area contributed by atoms with Gasteiger partial charge in [0.25, 0.3) is 0 Å². The quantitative estimate of drug-likeness (QED) is 0.745. The molecule has 4 nitrogen and oxygen atoms in total. The topological polar surface area (TPSA) is 78.5 Å². The van der Waals surface area contributed by atoms with Gasteiger partial charge in [0.1, 0.15) is 0 Å². The van der Waals surface area contributed by atoms with Crippen molar-refractivity contribution < 1.29 is 0 Å². The molecule has 3 N–H and O–H groups in total. The van der Waals surface area contributed by atoms with E-state index in [9.17, 15) is 0 Å². The number of hydrogen-bond donors (Lipinski definition) is 2. The van der Waals surface area contributed by atoms with Gasteiger partial charge in [0.15, 0.2) is 0 Å². The second-order valence-electron chi connectivity index (χ2n) is 3.10. The van der Waals surface area contributed by atoms with Gasteiger partial charge in [0.05, 0.1) is 24.2 Å². The normalized spacial score (nSPS) is 12.6. The number of pyridine rings is 1. The molecule has 2 rings (SSSR count). The first-order valence-electron chi connectivity index (χ1n) is 4.37. The molecule has 0 fully saturated rings. The number of H-pyrrole nitrogens is 1. The van der Waals surface area contributed by atoms with Crippen molar-refractivity contribution in [3.63, 3.8) is 0 Å². The van der Waals surface area contributed by atoms with Crippen LogP contribution in [0.25, 0.3) is 10.9 Å². The van der Waals surface area contributed by atoms with E-state index >= 15 is 0 Å². The molecule has 0 aliphatic carbocycles. The van der Waals surface area contributed by atoms with Gasteiger partial charge in [-0.1, -0.05) is 0 Å². The first-order valence-corrected chi connectivity index (χ1v) is 4.37. The molecule has 0 saturated heterocycles. The summed E-state index contributed by atoms with van der Waals surface area (Å²) in [5.41, 5.74) is 7.62. The molecule has 0 amide bonds. The molecule has 1 atom stereocenters. The number of aromatic amines is 1. The number of aromatic nitrogens is 2. The first kappa shape index (κ1) is 8.73. The summed E-state index contributed by atoms with van der Waals surface area (Å²) in [6.07, 6.45) is 3.83. The van der Waals surface area contributed by atoms with Crippen molar-refractivity contribution in [1.29, 1.82) is 5.26 Å². The number of nitrogens with zero attached hydrogens (tertiary/aromatic N) is 2. The molecule has 2 heterocycles. The minimum absolute atomic E-state index is 0.289. The molecule has 0 aromatic carbocycles. The van der Waals surface area contributed by atoms with Crippen LogP contribution in [-0.4, -0.2) is 9.97 Å². The standard InChI is InChI=1S/C10H10N4/c11-4-1-8(12)10-7-2-5-13-9(7)3-6-14-10/h2-3,5-6,8,13H,1,12H2/t8-/m0/s1. The first-order chi connectivity index (χ1) is 6.83. The van der Waals surface area contributed by atoms with E-state index < -0.39 is 0 Å². The zero-order valence-corrected chi connectivity index (χ0v) is 7.57. The Morgan fingerprint density at radius 1 is 1.57 bits per heavy atom. The van der Waals surface area contributed by atoms with E-state index in [1.807, 2.05) is 24.4 Å². The summed E-state index contributed by atoms with van der Waals surface area (Å²) in [4.78, 5) is 7.28. The van der Waals surface area contributed by atoms with Crippen molar-refractivity contribution in [3.05, 3.63) is 30.2 Å². The van der Waals surface area contributed by atoms with Crippen LogP contribution in [0.4, 0.5) is 0 Å². The van der Waals surface area contributed by atoms with Gasteiger partial charge < -0.3 is 10.7 Å². The molecule has 0 bridgehead atoms. The third-order valence-electron chi connectivity index (χ3n) is 2.17. The van der Waals surface area contributed by atoms with Crippen LogP contribution < -0.4 is 5.73 Å². The lowest BCUT2D eigenvalue weighted by Gasteiger charge is -2.07. The number of nitrogens with two attached hydrogens (primary N) is 1. The van der Waals surface area contributed by atoms with Crippen LogP contribution in [-0.2, 0) is 0 Å². The van der Waals surface area contributed by atoms with E-state index in [0.717, 1.165) is 16.6 Å². The van der Waals surface area contributed by atoms with Crippen LogP contribution in [0.3, 0.4) is 0 Å². The van der Waals surface area contributed by atoms with Crippen molar-refractivity contribution in [2.24, 2.45) is 5.73 Å². The van der Waals surface area contributed by atoms with Gasteiger partial charge >= 0.3 is 0 Å². The Balaban J connectivity index is 2.51. The molecular formula is C10H10N4. The predicted octanol–water partition coefficient (Wildman–Crippen LogP) is 1.48. The zero-order chi connectivity index (χ0) is 9.97. The average molecular weight is 186 g/mol. The predicted molar refractivity (Wildman–Crippen MR) is 53.3 cm³/mol. The maximum atomic E-state index is 8.56. The number of hydrogen-bond acceptors (Lipinski definition) is 3. The number of nitriles is 1. The molecule has 0 radical (unpaired) electrons. The van der Waals surface area contributed by atoms with Crippen LogP contribution >= 0.6 is 0 Å². The van der Waals surface area contributed by atoms with E-state index in [-0.39, 0.29) is 12.5 Å². The Morgan fingerprint density at radius 3 is 3.21 bits per heavy atom. The fourth-order valence-electron chi connectivity index (χ4n) is 1.50.